The summed E-state index contributed by atoms with van der Waals surface area (Å²) in [5.74, 6) is -0.116. The highest BCUT2D eigenvalue weighted by atomic mass is 16.5. The number of rotatable bonds is 11. The molecule has 0 aromatic carbocycles. The van der Waals surface area contributed by atoms with Crippen molar-refractivity contribution < 1.29 is 50.6 Å². The van der Waals surface area contributed by atoms with Gasteiger partial charge >= 0.3 is 0 Å². The molecule has 6 fully saturated rings. The first-order chi connectivity index (χ1) is 26.4. The van der Waals surface area contributed by atoms with Gasteiger partial charge in [0.15, 0.2) is 5.78 Å². The van der Waals surface area contributed by atoms with E-state index in [1.807, 2.05) is 6.92 Å². The number of aliphatic hydroxyl groups excluding tert-OH is 5. The molecule has 320 valence electrons. The summed E-state index contributed by atoms with van der Waals surface area (Å²) in [6.45, 7) is 10.5. The van der Waals surface area contributed by atoms with Crippen LogP contribution in [0, 0.1) is 52.3 Å². The maximum absolute atomic E-state index is 15.1. The van der Waals surface area contributed by atoms with Gasteiger partial charge in [-0.25, -0.2) is 0 Å². The van der Waals surface area contributed by atoms with Crippen LogP contribution in [0.5, 0.6) is 0 Å². The fourth-order valence-corrected chi connectivity index (χ4v) is 14.4. The van der Waals surface area contributed by atoms with Crippen LogP contribution >= 0.6 is 0 Å². The standard InChI is InChI=1S/C45H76N2O9/c1-6-7-26-8-11-28-24(2)40(56-35(28)12-9-26)41(53)43(5,54)36-16-19-45(55)38-29(20-32(49)25(3)48)39(52)31-21-33(50)34(51)22-44(31,30(38)15-17-42(36,45)4)18-14-27-10-13-37(46)47-23-27/h24-28,30-37,40-41,47-51,53-55H,6-23,46H2,1-5H3/p+1. The molecular formula is C45H77N2O9+. The molecule has 4 saturated carbocycles. The summed E-state index contributed by atoms with van der Waals surface area (Å²) in [6, 6.07) is 0. The van der Waals surface area contributed by atoms with Gasteiger partial charge < -0.3 is 45.8 Å². The molecule has 0 radical (unpaired) electrons. The number of Topliss-reactive ketones (excluding diaryl/α,β-unsaturated/α-hetero) is 1. The van der Waals surface area contributed by atoms with Crippen LogP contribution in [-0.2, 0) is 9.53 Å². The Kier molecular flexibility index (Phi) is 12.4. The number of hydrogen-bond donors (Lipinski definition) is 9. The second-order valence-corrected chi connectivity index (χ2v) is 20.8. The lowest BCUT2D eigenvalue weighted by molar-refractivity contribution is -0.703. The molecule has 11 heteroatoms. The zero-order valence-electron chi connectivity index (χ0n) is 35.0. The third kappa shape index (κ3) is 7.11. The molecule has 5 aliphatic carbocycles. The van der Waals surface area contributed by atoms with Crippen LogP contribution in [0.4, 0.5) is 0 Å². The molecular weight excluding hydrogens is 712 g/mol. The maximum atomic E-state index is 15.1. The summed E-state index contributed by atoms with van der Waals surface area (Å²) >= 11 is 0. The van der Waals surface area contributed by atoms with Crippen LogP contribution in [0.3, 0.4) is 0 Å². The Morgan fingerprint density at radius 2 is 1.68 bits per heavy atom. The van der Waals surface area contributed by atoms with Crippen molar-refractivity contribution in [2.45, 2.75) is 204 Å². The predicted octanol–water partition coefficient (Wildman–Crippen LogP) is 2.83. The summed E-state index contributed by atoms with van der Waals surface area (Å²) in [7, 11) is 0. The van der Waals surface area contributed by atoms with Crippen LogP contribution in [0.2, 0.25) is 0 Å². The van der Waals surface area contributed by atoms with E-state index in [0.717, 1.165) is 45.1 Å². The molecule has 7 rings (SSSR count). The Balaban J connectivity index is 1.23. The minimum atomic E-state index is -1.61. The molecule has 56 heavy (non-hydrogen) atoms. The topological polar surface area (TPSA) is 211 Å². The number of carbonyl (C=O) groups is 1. The Labute approximate surface area is 335 Å². The van der Waals surface area contributed by atoms with Gasteiger partial charge in [0, 0.05) is 35.7 Å². The van der Waals surface area contributed by atoms with E-state index in [-0.39, 0.29) is 55.6 Å². The van der Waals surface area contributed by atoms with Crippen molar-refractivity contribution in [1.82, 2.24) is 0 Å². The summed E-state index contributed by atoms with van der Waals surface area (Å²) in [4.78, 5) is 15.1. The van der Waals surface area contributed by atoms with Gasteiger partial charge in [0.2, 0.25) is 0 Å². The van der Waals surface area contributed by atoms with Crippen LogP contribution in [0.15, 0.2) is 11.1 Å². The molecule has 19 atom stereocenters. The minimum absolute atomic E-state index is 0.0619. The second kappa shape index (κ2) is 16.1. The summed E-state index contributed by atoms with van der Waals surface area (Å²) in [5, 5.41) is 84.7. The Morgan fingerprint density at radius 3 is 2.36 bits per heavy atom. The van der Waals surface area contributed by atoms with Gasteiger partial charge in [-0.3, -0.25) is 10.5 Å². The number of carbonyl (C=O) groups excluding carboxylic acids is 1. The number of ketones is 1. The van der Waals surface area contributed by atoms with E-state index < -0.39 is 70.5 Å². The van der Waals surface area contributed by atoms with Gasteiger partial charge in [-0.15, -0.1) is 0 Å². The number of aliphatic hydroxyl groups is 7. The molecule has 0 amide bonds. The van der Waals surface area contributed by atoms with E-state index in [2.05, 4.69) is 19.2 Å². The molecule has 11 N–H and O–H groups in total. The van der Waals surface area contributed by atoms with Crippen molar-refractivity contribution in [3.8, 4) is 0 Å². The van der Waals surface area contributed by atoms with E-state index in [9.17, 15) is 35.7 Å². The van der Waals surface area contributed by atoms with Gasteiger partial charge in [0.1, 0.15) is 12.3 Å². The fourth-order valence-electron chi connectivity index (χ4n) is 14.4. The molecule has 11 nitrogen and oxygen atoms in total. The van der Waals surface area contributed by atoms with Gasteiger partial charge in [-0.05, 0) is 131 Å². The molecule has 0 spiro atoms. The van der Waals surface area contributed by atoms with Crippen molar-refractivity contribution >= 4 is 5.78 Å². The highest BCUT2D eigenvalue weighted by Gasteiger charge is 2.71. The monoisotopic (exact) mass is 790 g/mol. The van der Waals surface area contributed by atoms with Crippen LogP contribution in [0.1, 0.15) is 144 Å². The van der Waals surface area contributed by atoms with E-state index >= 15 is 4.79 Å². The number of quaternary nitrogens is 1. The second-order valence-electron chi connectivity index (χ2n) is 20.8. The number of piperidine rings is 1. The first kappa shape index (κ1) is 43.1. The maximum Gasteiger partial charge on any atom is 0.162 e. The summed E-state index contributed by atoms with van der Waals surface area (Å²) in [5.41, 5.74) is 2.36. The predicted molar refractivity (Wildman–Crippen MR) is 212 cm³/mol. The van der Waals surface area contributed by atoms with Gasteiger partial charge in [0.05, 0.1) is 54.4 Å². The molecule has 2 heterocycles. The van der Waals surface area contributed by atoms with Crippen molar-refractivity contribution in [2.75, 3.05) is 6.54 Å². The number of fused-ring (bicyclic) bond motifs is 6. The SMILES string of the molecule is CCCC1CCC2OC(C(O)C(C)(O)C3CCC4(O)C5=C(CC(O)C(C)O)C(=O)C6CC(O)C(O)CC6(CCC6CCC(N)[NH2+]C6)C5CCC34C)C(C)C2CC1. The van der Waals surface area contributed by atoms with Crippen molar-refractivity contribution in [3.05, 3.63) is 11.1 Å². The molecule has 0 aromatic heterocycles. The zero-order chi connectivity index (χ0) is 40.5. The fraction of sp³-hybridized carbons (Fsp3) is 0.933. The van der Waals surface area contributed by atoms with Crippen LogP contribution in [0.25, 0.3) is 0 Å². The van der Waals surface area contributed by atoms with Crippen molar-refractivity contribution in [3.63, 3.8) is 0 Å². The first-order valence-electron chi connectivity index (χ1n) is 22.8. The molecule has 0 aromatic rings. The smallest absolute Gasteiger partial charge is 0.162 e. The average molecular weight is 790 g/mol. The van der Waals surface area contributed by atoms with Crippen molar-refractivity contribution in [1.29, 1.82) is 0 Å². The van der Waals surface area contributed by atoms with Crippen molar-refractivity contribution in [2.24, 2.45) is 58.0 Å². The largest absolute Gasteiger partial charge is 0.391 e. The van der Waals surface area contributed by atoms with E-state index in [1.165, 1.54) is 26.2 Å². The van der Waals surface area contributed by atoms with E-state index in [0.29, 0.717) is 54.6 Å². The molecule has 2 aliphatic heterocycles. The van der Waals surface area contributed by atoms with Gasteiger partial charge in [-0.2, -0.15) is 0 Å². The highest BCUT2D eigenvalue weighted by Crippen LogP contribution is 2.71. The molecule has 7 aliphatic rings. The highest BCUT2D eigenvalue weighted by molar-refractivity contribution is 6.00. The van der Waals surface area contributed by atoms with Crippen LogP contribution in [-0.4, -0.2) is 108 Å². The average Bonchev–Trinajstić information content (AvgIpc) is 3.53. The Bertz CT molecular complexity index is 1450. The molecule has 0 bridgehead atoms. The lowest BCUT2D eigenvalue weighted by atomic mass is 9.42. The number of nitrogens with two attached hydrogens (primary N) is 2. The number of ether oxygens (including phenoxy) is 1. The molecule has 2 saturated heterocycles. The van der Waals surface area contributed by atoms with E-state index in [4.69, 9.17) is 10.5 Å². The third-order valence-electron chi connectivity index (χ3n) is 17.8. The normalized spacial score (nSPS) is 48.2. The van der Waals surface area contributed by atoms with Crippen LogP contribution < -0.4 is 11.1 Å². The minimum Gasteiger partial charge on any atom is -0.391 e. The number of hydrogen-bond acceptors (Lipinski definition) is 10. The first-order valence-corrected chi connectivity index (χ1v) is 22.8. The lowest BCUT2D eigenvalue weighted by Gasteiger charge is -2.63. The Morgan fingerprint density at radius 1 is 0.964 bits per heavy atom. The lowest BCUT2D eigenvalue weighted by Crippen LogP contribution is -2.95. The quantitative estimate of drug-likeness (QED) is 0.150. The third-order valence-corrected chi connectivity index (χ3v) is 17.8. The summed E-state index contributed by atoms with van der Waals surface area (Å²) < 4.78 is 6.71. The molecule has 19 unspecified atom stereocenters. The Hall–Kier alpha value is -0.990. The van der Waals surface area contributed by atoms with Gasteiger partial charge in [0.25, 0.3) is 0 Å². The zero-order valence-corrected chi connectivity index (χ0v) is 35.0. The van der Waals surface area contributed by atoms with E-state index in [1.54, 1.807) is 6.92 Å². The van der Waals surface area contributed by atoms with Gasteiger partial charge in [-0.1, -0.05) is 40.0 Å². The summed E-state index contributed by atoms with van der Waals surface area (Å²) in [6.07, 6.45) is 6.24.